The minimum atomic E-state index is -3.10. The number of nitrogens with two attached hydrogens (primary N) is 1. The van der Waals surface area contributed by atoms with E-state index in [9.17, 15) is 22.8 Å². The molecule has 3 rings (SSSR count). The fourth-order valence-electron chi connectivity index (χ4n) is 3.49. The quantitative estimate of drug-likeness (QED) is 0.607. The summed E-state index contributed by atoms with van der Waals surface area (Å²) in [4.78, 5) is 26.2. The van der Waals surface area contributed by atoms with Crippen LogP contribution in [-0.4, -0.2) is 41.2 Å². The van der Waals surface area contributed by atoms with Gasteiger partial charge in [-0.15, -0.1) is 0 Å². The van der Waals surface area contributed by atoms with Crippen LogP contribution in [0.1, 0.15) is 40.0 Å². The average molecular weight is 444 g/mol. The Morgan fingerprint density at radius 3 is 2.47 bits per heavy atom. The van der Waals surface area contributed by atoms with Gasteiger partial charge >= 0.3 is 0 Å². The van der Waals surface area contributed by atoms with Gasteiger partial charge in [0.1, 0.15) is 11.5 Å². The molecule has 0 unspecified atom stereocenters. The SMILES string of the molecule is C[C@H](c1cccc(C(F)(F)CN(C)C)c1)c1cc(=O)n(-c2ccccc2F)nc1C(N)=O. The van der Waals surface area contributed by atoms with E-state index in [4.69, 9.17) is 5.73 Å². The van der Waals surface area contributed by atoms with Crippen molar-refractivity contribution in [1.82, 2.24) is 14.7 Å². The summed E-state index contributed by atoms with van der Waals surface area (Å²) >= 11 is 0. The topological polar surface area (TPSA) is 81.2 Å². The van der Waals surface area contributed by atoms with Crippen molar-refractivity contribution in [2.24, 2.45) is 5.73 Å². The van der Waals surface area contributed by atoms with Crippen molar-refractivity contribution in [3.05, 3.63) is 93.2 Å². The number of benzene rings is 2. The van der Waals surface area contributed by atoms with Gasteiger partial charge in [0.2, 0.25) is 0 Å². The summed E-state index contributed by atoms with van der Waals surface area (Å²) in [5.41, 5.74) is 4.85. The van der Waals surface area contributed by atoms with E-state index in [-0.39, 0.29) is 22.5 Å². The molecule has 32 heavy (non-hydrogen) atoms. The number of carbonyl (C=O) groups excluding carboxylic acids is 1. The fourth-order valence-corrected chi connectivity index (χ4v) is 3.49. The summed E-state index contributed by atoms with van der Waals surface area (Å²) < 4.78 is 44.1. The van der Waals surface area contributed by atoms with Gasteiger partial charge in [0.25, 0.3) is 17.4 Å². The van der Waals surface area contributed by atoms with Crippen LogP contribution in [0.2, 0.25) is 0 Å². The fraction of sp³-hybridized carbons (Fsp3) is 0.261. The van der Waals surface area contributed by atoms with Gasteiger partial charge in [-0.05, 0) is 43.4 Å². The van der Waals surface area contributed by atoms with Crippen molar-refractivity contribution in [3.8, 4) is 5.69 Å². The molecule has 0 fully saturated rings. The first kappa shape index (κ1) is 23.2. The van der Waals surface area contributed by atoms with Gasteiger partial charge in [-0.2, -0.15) is 18.6 Å². The van der Waals surface area contributed by atoms with Crippen LogP contribution in [0.4, 0.5) is 13.2 Å². The minimum absolute atomic E-state index is 0.135. The average Bonchev–Trinajstić information content (AvgIpc) is 2.72. The van der Waals surface area contributed by atoms with E-state index in [1.165, 1.54) is 41.3 Å². The van der Waals surface area contributed by atoms with E-state index in [0.29, 0.717) is 5.56 Å². The number of hydrogen-bond acceptors (Lipinski definition) is 4. The highest BCUT2D eigenvalue weighted by Gasteiger charge is 2.33. The monoisotopic (exact) mass is 444 g/mol. The predicted molar refractivity (Wildman–Crippen MR) is 115 cm³/mol. The third-order valence-corrected chi connectivity index (χ3v) is 5.07. The lowest BCUT2D eigenvalue weighted by Gasteiger charge is -2.23. The second kappa shape index (κ2) is 8.96. The molecule has 0 bridgehead atoms. The number of halogens is 3. The molecule has 0 spiro atoms. The molecular weight excluding hydrogens is 421 g/mol. The van der Waals surface area contributed by atoms with Crippen LogP contribution in [0.15, 0.2) is 59.4 Å². The Morgan fingerprint density at radius 2 is 1.84 bits per heavy atom. The zero-order chi connectivity index (χ0) is 23.6. The summed E-state index contributed by atoms with van der Waals surface area (Å²) in [6.45, 7) is 1.18. The molecule has 2 aromatic carbocycles. The minimum Gasteiger partial charge on any atom is -0.364 e. The van der Waals surface area contributed by atoms with Crippen molar-refractivity contribution < 1.29 is 18.0 Å². The summed E-state index contributed by atoms with van der Waals surface area (Å²) in [7, 11) is 3.10. The number of likely N-dealkylation sites (N-methyl/N-ethyl adjacent to an activating group) is 1. The standard InChI is InChI=1S/C23H23F3N4O2/c1-14(15-7-6-8-16(11-15)23(25,26)13-29(2)3)17-12-20(31)30(28-21(17)22(27)32)19-10-5-4-9-18(19)24/h4-12,14H,13H2,1-3H3,(H2,27,32)/t14-/m1/s1. The second-order valence-corrected chi connectivity index (χ2v) is 7.80. The molecule has 6 nitrogen and oxygen atoms in total. The number of primary amides is 1. The zero-order valence-electron chi connectivity index (χ0n) is 17.8. The normalized spacial score (nSPS) is 12.7. The first-order chi connectivity index (χ1) is 15.0. The third kappa shape index (κ3) is 4.72. The molecule has 0 aliphatic heterocycles. The summed E-state index contributed by atoms with van der Waals surface area (Å²) in [5.74, 6) is -5.37. The number of hydrogen-bond donors (Lipinski definition) is 1. The van der Waals surface area contributed by atoms with E-state index >= 15 is 0 Å². The molecule has 2 N–H and O–H groups in total. The Kier molecular flexibility index (Phi) is 6.50. The van der Waals surface area contributed by atoms with Crippen molar-refractivity contribution in [2.75, 3.05) is 20.6 Å². The van der Waals surface area contributed by atoms with Gasteiger partial charge < -0.3 is 10.6 Å². The van der Waals surface area contributed by atoms with Crippen LogP contribution in [-0.2, 0) is 5.92 Å². The lowest BCUT2D eigenvalue weighted by atomic mass is 9.90. The maximum atomic E-state index is 14.6. The van der Waals surface area contributed by atoms with Gasteiger partial charge in [-0.25, -0.2) is 4.39 Å². The lowest BCUT2D eigenvalue weighted by Crippen LogP contribution is -2.30. The van der Waals surface area contributed by atoms with E-state index in [0.717, 1.165) is 16.8 Å². The number of carbonyl (C=O) groups is 1. The van der Waals surface area contributed by atoms with Crippen LogP contribution in [0.5, 0.6) is 0 Å². The number of nitrogens with zero attached hydrogens (tertiary/aromatic N) is 3. The number of rotatable bonds is 7. The summed E-state index contributed by atoms with van der Waals surface area (Å²) in [6.07, 6.45) is 0. The van der Waals surface area contributed by atoms with Crippen LogP contribution < -0.4 is 11.3 Å². The molecule has 1 heterocycles. The number of para-hydroxylation sites is 1. The van der Waals surface area contributed by atoms with Gasteiger partial charge in [0.15, 0.2) is 5.69 Å². The molecule has 168 valence electrons. The number of alkyl halides is 2. The Hall–Kier alpha value is -3.46. The Morgan fingerprint density at radius 1 is 1.16 bits per heavy atom. The van der Waals surface area contributed by atoms with Crippen molar-refractivity contribution in [3.63, 3.8) is 0 Å². The van der Waals surface area contributed by atoms with Gasteiger partial charge in [0.05, 0.1) is 6.54 Å². The van der Waals surface area contributed by atoms with E-state index in [2.05, 4.69) is 5.10 Å². The van der Waals surface area contributed by atoms with Crippen molar-refractivity contribution in [1.29, 1.82) is 0 Å². The van der Waals surface area contributed by atoms with E-state index in [1.807, 2.05) is 0 Å². The van der Waals surface area contributed by atoms with Gasteiger partial charge in [-0.1, -0.05) is 37.3 Å². The second-order valence-electron chi connectivity index (χ2n) is 7.80. The number of aromatic nitrogens is 2. The molecule has 9 heteroatoms. The molecule has 0 aliphatic carbocycles. The highest BCUT2D eigenvalue weighted by molar-refractivity contribution is 5.92. The molecule has 1 amide bonds. The smallest absolute Gasteiger partial charge is 0.285 e. The highest BCUT2D eigenvalue weighted by atomic mass is 19.3. The maximum Gasteiger partial charge on any atom is 0.285 e. The molecule has 1 atom stereocenters. The van der Waals surface area contributed by atoms with Crippen LogP contribution in [0.3, 0.4) is 0 Å². The molecule has 1 aromatic heterocycles. The molecular formula is C23H23F3N4O2. The van der Waals surface area contributed by atoms with Crippen molar-refractivity contribution in [2.45, 2.75) is 18.8 Å². The summed E-state index contributed by atoms with van der Waals surface area (Å²) in [6, 6.07) is 12.4. The Bertz CT molecular complexity index is 1210. The molecule has 0 saturated carbocycles. The van der Waals surface area contributed by atoms with E-state index in [1.54, 1.807) is 27.1 Å². The Balaban J connectivity index is 2.09. The number of amides is 1. The van der Waals surface area contributed by atoms with Crippen LogP contribution >= 0.6 is 0 Å². The zero-order valence-corrected chi connectivity index (χ0v) is 17.8. The Labute approximate surface area is 183 Å². The largest absolute Gasteiger partial charge is 0.364 e. The summed E-state index contributed by atoms with van der Waals surface area (Å²) in [5, 5.41) is 3.99. The van der Waals surface area contributed by atoms with Gasteiger partial charge in [-0.3, -0.25) is 9.59 Å². The first-order valence-corrected chi connectivity index (χ1v) is 9.83. The molecule has 0 saturated heterocycles. The van der Waals surface area contributed by atoms with Gasteiger partial charge in [0, 0.05) is 17.5 Å². The van der Waals surface area contributed by atoms with E-state index < -0.39 is 35.7 Å². The highest BCUT2D eigenvalue weighted by Crippen LogP contribution is 2.32. The van der Waals surface area contributed by atoms with Crippen LogP contribution in [0, 0.1) is 5.82 Å². The lowest BCUT2D eigenvalue weighted by molar-refractivity contribution is -0.0270. The van der Waals surface area contributed by atoms with Crippen LogP contribution in [0.25, 0.3) is 5.69 Å². The maximum absolute atomic E-state index is 14.6. The molecule has 0 aliphatic rings. The van der Waals surface area contributed by atoms with Crippen molar-refractivity contribution >= 4 is 5.91 Å². The molecule has 0 radical (unpaired) electrons. The molecule has 3 aromatic rings. The predicted octanol–water partition coefficient (Wildman–Crippen LogP) is 3.28. The third-order valence-electron chi connectivity index (χ3n) is 5.07. The first-order valence-electron chi connectivity index (χ1n) is 9.83.